The summed E-state index contributed by atoms with van der Waals surface area (Å²) >= 11 is 8.58. The summed E-state index contributed by atoms with van der Waals surface area (Å²) in [6, 6.07) is 17.6. The third-order valence-electron chi connectivity index (χ3n) is 3.50. The Hall–Kier alpha value is -1.96. The molecule has 1 amide bonds. The molecule has 25 heavy (non-hydrogen) atoms. The number of nitrogens with zero attached hydrogens (tertiary/aromatic N) is 3. The van der Waals surface area contributed by atoms with Gasteiger partial charge in [-0.3, -0.25) is 4.79 Å². The molecule has 0 spiro atoms. The number of carbonyl (C=O) groups is 1. The number of hydrogen-bond acceptors (Lipinski definition) is 5. The highest BCUT2D eigenvalue weighted by Gasteiger charge is 2.09. The monoisotopic (exact) mass is 387 g/mol. The largest absolute Gasteiger partial charge is 0.345 e. The van der Waals surface area contributed by atoms with Crippen molar-refractivity contribution < 1.29 is 4.79 Å². The first kappa shape index (κ1) is 17.8. The quantitative estimate of drug-likeness (QED) is 0.471. The van der Waals surface area contributed by atoms with Crippen LogP contribution in [0.2, 0.25) is 0 Å². The van der Waals surface area contributed by atoms with E-state index in [2.05, 4.69) is 5.10 Å². The molecule has 0 fully saturated rings. The summed E-state index contributed by atoms with van der Waals surface area (Å²) in [5.41, 5.74) is 2.82. The normalized spacial score (nSPS) is 10.6. The van der Waals surface area contributed by atoms with Crippen LogP contribution >= 0.6 is 35.3 Å². The number of thioether (sulfide) groups is 1. The van der Waals surface area contributed by atoms with Crippen LogP contribution in [-0.4, -0.2) is 34.7 Å². The summed E-state index contributed by atoms with van der Waals surface area (Å²) in [6.45, 7) is 0. The van der Waals surface area contributed by atoms with Crippen LogP contribution in [0.25, 0.3) is 5.69 Å². The summed E-state index contributed by atoms with van der Waals surface area (Å²) in [4.78, 5) is 13.5. The van der Waals surface area contributed by atoms with E-state index >= 15 is 0 Å². The highest BCUT2D eigenvalue weighted by Crippen LogP contribution is 2.27. The van der Waals surface area contributed by atoms with Gasteiger partial charge in [0.2, 0.25) is 0 Å². The summed E-state index contributed by atoms with van der Waals surface area (Å²) in [5.74, 6) is 0.798. The fourth-order valence-electron chi connectivity index (χ4n) is 2.20. The van der Waals surface area contributed by atoms with Gasteiger partial charge in [-0.2, -0.15) is 0 Å². The lowest BCUT2D eigenvalue weighted by atomic mass is 10.1. The summed E-state index contributed by atoms with van der Waals surface area (Å²) in [7, 11) is 3.51. The molecule has 7 heteroatoms. The number of rotatable bonds is 5. The highest BCUT2D eigenvalue weighted by molar-refractivity contribution is 8.00. The molecule has 0 saturated heterocycles. The van der Waals surface area contributed by atoms with E-state index in [0.29, 0.717) is 5.56 Å². The van der Waals surface area contributed by atoms with Crippen molar-refractivity contribution in [3.63, 3.8) is 0 Å². The third-order valence-corrected chi connectivity index (χ3v) is 5.94. The van der Waals surface area contributed by atoms with E-state index in [0.717, 1.165) is 25.3 Å². The van der Waals surface area contributed by atoms with Gasteiger partial charge in [0.05, 0.1) is 5.69 Å². The van der Waals surface area contributed by atoms with Crippen LogP contribution < -0.4 is 0 Å². The molecule has 4 nitrogen and oxygen atoms in total. The zero-order chi connectivity index (χ0) is 17.8. The lowest BCUT2D eigenvalue weighted by Gasteiger charge is -2.10. The molecule has 0 atom stereocenters. The molecule has 1 aromatic heterocycles. The number of amides is 1. The summed E-state index contributed by atoms with van der Waals surface area (Å²) in [6.07, 6.45) is 0. The molecule has 0 N–H and O–H groups in total. The Morgan fingerprint density at radius 3 is 2.48 bits per heavy atom. The maximum absolute atomic E-state index is 11.9. The van der Waals surface area contributed by atoms with Gasteiger partial charge in [-0.1, -0.05) is 53.4 Å². The molecule has 0 bridgehead atoms. The Bertz CT molecular complexity index is 915. The first-order valence-electron chi connectivity index (χ1n) is 7.63. The molecule has 0 aliphatic heterocycles. The van der Waals surface area contributed by atoms with Gasteiger partial charge in [0, 0.05) is 25.4 Å². The third kappa shape index (κ3) is 4.36. The molecule has 0 aliphatic rings. The van der Waals surface area contributed by atoms with Crippen molar-refractivity contribution >= 4 is 41.2 Å². The maximum Gasteiger partial charge on any atom is 0.253 e. The molecule has 3 aromatic rings. The number of hydrogen-bond donors (Lipinski definition) is 0. The molecule has 0 radical (unpaired) electrons. The molecular formula is C18H17N3OS3. The van der Waals surface area contributed by atoms with E-state index in [9.17, 15) is 4.79 Å². The number of carbonyl (C=O) groups excluding carboxylic acids is 1. The van der Waals surface area contributed by atoms with Crippen molar-refractivity contribution in [1.82, 2.24) is 14.7 Å². The Morgan fingerprint density at radius 1 is 1.16 bits per heavy atom. The van der Waals surface area contributed by atoms with Gasteiger partial charge in [-0.15, -0.1) is 5.10 Å². The zero-order valence-corrected chi connectivity index (χ0v) is 16.3. The van der Waals surface area contributed by atoms with Crippen molar-refractivity contribution in [3.05, 3.63) is 69.7 Å². The number of para-hydroxylation sites is 1. The number of aromatic nitrogens is 2. The topological polar surface area (TPSA) is 38.1 Å². The second kappa shape index (κ2) is 7.95. The van der Waals surface area contributed by atoms with Crippen LogP contribution in [0.1, 0.15) is 15.9 Å². The Kier molecular flexibility index (Phi) is 5.67. The zero-order valence-electron chi connectivity index (χ0n) is 13.9. The first-order valence-corrected chi connectivity index (χ1v) is 9.84. The van der Waals surface area contributed by atoms with Gasteiger partial charge in [0.1, 0.15) is 0 Å². The van der Waals surface area contributed by atoms with E-state index in [1.807, 2.05) is 54.6 Å². The summed E-state index contributed by atoms with van der Waals surface area (Å²) < 4.78 is 3.46. The molecule has 128 valence electrons. The second-order valence-corrected chi connectivity index (χ2v) is 8.41. The summed E-state index contributed by atoms with van der Waals surface area (Å²) in [5, 5.41) is 4.60. The van der Waals surface area contributed by atoms with Crippen LogP contribution in [0, 0.1) is 3.95 Å². The average Bonchev–Trinajstić information content (AvgIpc) is 3.01. The molecule has 3 rings (SSSR count). The van der Waals surface area contributed by atoms with Crippen molar-refractivity contribution in [2.75, 3.05) is 14.1 Å². The SMILES string of the molecule is CN(C)C(=O)c1ccc(CSc2nn(-c3ccccc3)c(=S)s2)cc1. The van der Waals surface area contributed by atoms with Gasteiger partial charge in [0.25, 0.3) is 5.91 Å². The lowest BCUT2D eigenvalue weighted by molar-refractivity contribution is 0.0827. The molecule has 1 heterocycles. The van der Waals surface area contributed by atoms with Crippen molar-refractivity contribution in [1.29, 1.82) is 0 Å². The Morgan fingerprint density at radius 2 is 1.84 bits per heavy atom. The smallest absolute Gasteiger partial charge is 0.253 e. The standard InChI is InChI=1S/C18H17N3OS3/c1-20(2)16(22)14-10-8-13(9-11-14)12-24-17-19-21(18(23)25-17)15-6-4-3-5-7-15/h3-11H,12H2,1-2H3. The van der Waals surface area contributed by atoms with Gasteiger partial charge < -0.3 is 4.90 Å². The van der Waals surface area contributed by atoms with Crippen LogP contribution in [0.4, 0.5) is 0 Å². The lowest BCUT2D eigenvalue weighted by Crippen LogP contribution is -2.21. The van der Waals surface area contributed by atoms with Crippen molar-refractivity contribution in [2.45, 2.75) is 10.1 Å². The van der Waals surface area contributed by atoms with Gasteiger partial charge in [0.15, 0.2) is 8.29 Å². The fraction of sp³-hybridized carbons (Fsp3) is 0.167. The Balaban J connectivity index is 1.68. The maximum atomic E-state index is 11.9. The Labute approximate surface area is 160 Å². The highest BCUT2D eigenvalue weighted by atomic mass is 32.2. The molecular weight excluding hydrogens is 370 g/mol. The van der Waals surface area contributed by atoms with Crippen LogP contribution in [0.15, 0.2) is 58.9 Å². The van der Waals surface area contributed by atoms with E-state index < -0.39 is 0 Å². The first-order chi connectivity index (χ1) is 12.0. The molecule has 0 saturated carbocycles. The molecule has 2 aromatic carbocycles. The average molecular weight is 388 g/mol. The van der Waals surface area contributed by atoms with Crippen LogP contribution in [0.5, 0.6) is 0 Å². The minimum Gasteiger partial charge on any atom is -0.345 e. The van der Waals surface area contributed by atoms with E-state index in [1.165, 1.54) is 11.3 Å². The van der Waals surface area contributed by atoms with Crippen molar-refractivity contribution in [2.24, 2.45) is 0 Å². The van der Waals surface area contributed by atoms with E-state index in [-0.39, 0.29) is 5.91 Å². The fourth-order valence-corrected chi connectivity index (χ4v) is 4.52. The predicted octanol–water partition coefficient (Wildman–Crippen LogP) is 4.66. The minimum atomic E-state index is 0.0128. The van der Waals surface area contributed by atoms with Crippen LogP contribution in [-0.2, 0) is 5.75 Å². The number of benzene rings is 2. The minimum absolute atomic E-state index is 0.0128. The van der Waals surface area contributed by atoms with Gasteiger partial charge >= 0.3 is 0 Å². The van der Waals surface area contributed by atoms with Crippen molar-refractivity contribution in [3.8, 4) is 5.69 Å². The van der Waals surface area contributed by atoms with Gasteiger partial charge in [-0.25, -0.2) is 4.68 Å². The second-order valence-electron chi connectivity index (χ2n) is 5.57. The van der Waals surface area contributed by atoms with E-state index in [4.69, 9.17) is 12.2 Å². The predicted molar refractivity (Wildman–Crippen MR) is 106 cm³/mol. The van der Waals surface area contributed by atoms with Gasteiger partial charge in [-0.05, 0) is 42.0 Å². The van der Waals surface area contributed by atoms with E-state index in [1.54, 1.807) is 35.4 Å². The van der Waals surface area contributed by atoms with Crippen LogP contribution in [0.3, 0.4) is 0 Å². The molecule has 0 unspecified atom stereocenters. The molecule has 0 aliphatic carbocycles.